The Morgan fingerprint density at radius 3 is 2.38 bits per heavy atom. The highest BCUT2D eigenvalue weighted by Gasteiger charge is 2.14. The normalized spacial score (nSPS) is 10.3. The quantitative estimate of drug-likeness (QED) is 0.905. The van der Waals surface area contributed by atoms with Crippen LogP contribution in [0.2, 0.25) is 0 Å². The number of hydrogen-bond acceptors (Lipinski definition) is 4. The Labute approximate surface area is 120 Å². The van der Waals surface area contributed by atoms with Crippen molar-refractivity contribution in [3.05, 3.63) is 53.1 Å². The van der Waals surface area contributed by atoms with Gasteiger partial charge in [-0.05, 0) is 19.1 Å². The molecule has 1 aromatic heterocycles. The summed E-state index contributed by atoms with van der Waals surface area (Å²) in [5.41, 5.74) is 0.957. The Hall–Kier alpha value is -2.57. The number of amides is 1. The molecule has 110 valence electrons. The molecule has 7 heteroatoms. The molecular formula is C14H14F2N4O. The van der Waals surface area contributed by atoms with Crippen molar-refractivity contribution < 1.29 is 13.6 Å². The highest BCUT2D eigenvalue weighted by atomic mass is 19.1. The molecule has 1 aromatic carbocycles. The summed E-state index contributed by atoms with van der Waals surface area (Å²) in [5.74, 6) is -2.23. The van der Waals surface area contributed by atoms with Crippen LogP contribution in [0.1, 0.15) is 21.7 Å². The van der Waals surface area contributed by atoms with Gasteiger partial charge in [0.2, 0.25) is 0 Å². The fraction of sp³-hybridized carbons (Fsp3) is 0.214. The van der Waals surface area contributed by atoms with Gasteiger partial charge >= 0.3 is 0 Å². The number of aryl methyl sites for hydroxylation is 1. The van der Waals surface area contributed by atoms with E-state index < -0.39 is 17.5 Å². The second-order valence-electron chi connectivity index (χ2n) is 4.40. The molecule has 0 saturated heterocycles. The predicted octanol–water partition coefficient (Wildman–Crippen LogP) is 2.03. The lowest BCUT2D eigenvalue weighted by Crippen LogP contribution is -2.24. The molecule has 0 saturated carbocycles. The molecule has 0 radical (unpaired) electrons. The third-order valence-corrected chi connectivity index (χ3v) is 2.82. The summed E-state index contributed by atoms with van der Waals surface area (Å²) in [6.45, 7) is 1.92. The monoisotopic (exact) mass is 292 g/mol. The van der Waals surface area contributed by atoms with Crippen molar-refractivity contribution in [1.29, 1.82) is 0 Å². The first-order valence-electron chi connectivity index (χ1n) is 6.23. The first kappa shape index (κ1) is 14.8. The van der Waals surface area contributed by atoms with Crippen LogP contribution >= 0.6 is 0 Å². The number of nitrogens with zero attached hydrogens (tertiary/aromatic N) is 2. The molecule has 0 aliphatic rings. The number of carbonyl (C=O) groups excluding carboxylic acids is 1. The van der Waals surface area contributed by atoms with Crippen molar-refractivity contribution in [2.45, 2.75) is 13.5 Å². The van der Waals surface area contributed by atoms with Crippen LogP contribution in [0.3, 0.4) is 0 Å². The molecule has 5 nitrogen and oxygen atoms in total. The molecule has 2 N–H and O–H groups in total. The highest BCUT2D eigenvalue weighted by Crippen LogP contribution is 2.20. The van der Waals surface area contributed by atoms with Gasteiger partial charge in [-0.3, -0.25) is 14.8 Å². The predicted molar refractivity (Wildman–Crippen MR) is 73.8 cm³/mol. The zero-order chi connectivity index (χ0) is 15.4. The number of aromatic nitrogens is 2. The minimum absolute atomic E-state index is 0.0935. The maximum Gasteiger partial charge on any atom is 0.251 e. The Morgan fingerprint density at radius 2 is 1.86 bits per heavy atom. The van der Waals surface area contributed by atoms with Crippen molar-refractivity contribution >= 4 is 11.6 Å². The van der Waals surface area contributed by atoms with E-state index >= 15 is 0 Å². The molecule has 2 rings (SSSR count). The molecule has 0 bridgehead atoms. The largest absolute Gasteiger partial charge is 0.383 e. The SMILES string of the molecule is CNc1c(F)cc(C(=O)NCc2cnc(C)cn2)cc1F. The molecule has 1 amide bonds. The summed E-state index contributed by atoms with van der Waals surface area (Å²) in [4.78, 5) is 20.0. The molecular weight excluding hydrogens is 278 g/mol. The highest BCUT2D eigenvalue weighted by molar-refractivity contribution is 5.94. The van der Waals surface area contributed by atoms with Crippen LogP contribution in [0.4, 0.5) is 14.5 Å². The number of rotatable bonds is 4. The maximum absolute atomic E-state index is 13.6. The maximum atomic E-state index is 13.6. The molecule has 2 aromatic rings. The van der Waals surface area contributed by atoms with Crippen LogP contribution in [-0.2, 0) is 6.54 Å². The first-order chi connectivity index (χ1) is 10.0. The Morgan fingerprint density at radius 1 is 1.19 bits per heavy atom. The number of hydrogen-bond donors (Lipinski definition) is 2. The van der Waals surface area contributed by atoms with Crippen LogP contribution in [0, 0.1) is 18.6 Å². The van der Waals surface area contributed by atoms with E-state index in [1.165, 1.54) is 13.2 Å². The molecule has 0 aliphatic heterocycles. The molecule has 1 heterocycles. The standard InChI is InChI=1S/C14H14F2N4O/c1-8-5-19-10(6-18-8)7-20-14(21)9-3-11(15)13(17-2)12(16)4-9/h3-6,17H,7H2,1-2H3,(H,20,21). The van der Waals surface area contributed by atoms with Gasteiger partial charge in [0.1, 0.15) is 17.3 Å². The number of halogens is 2. The number of nitrogens with one attached hydrogen (secondary N) is 2. The third kappa shape index (κ3) is 3.50. The Balaban J connectivity index is 2.08. The third-order valence-electron chi connectivity index (χ3n) is 2.82. The van der Waals surface area contributed by atoms with E-state index in [0.29, 0.717) is 5.69 Å². The van der Waals surface area contributed by atoms with Gasteiger partial charge in [-0.15, -0.1) is 0 Å². The van der Waals surface area contributed by atoms with Crippen LogP contribution in [0.15, 0.2) is 24.5 Å². The van der Waals surface area contributed by atoms with Crippen molar-refractivity contribution in [3.63, 3.8) is 0 Å². The fourth-order valence-electron chi connectivity index (χ4n) is 1.73. The molecule has 0 spiro atoms. The van der Waals surface area contributed by atoms with Gasteiger partial charge in [-0.1, -0.05) is 0 Å². The minimum atomic E-state index is -0.822. The minimum Gasteiger partial charge on any atom is -0.383 e. The van der Waals surface area contributed by atoms with Gasteiger partial charge in [0, 0.05) is 18.8 Å². The molecule has 0 atom stereocenters. The average Bonchev–Trinajstić information content (AvgIpc) is 2.46. The number of anilines is 1. The van der Waals surface area contributed by atoms with Gasteiger partial charge in [0.15, 0.2) is 0 Å². The van der Waals surface area contributed by atoms with Crippen molar-refractivity contribution in [3.8, 4) is 0 Å². The lowest BCUT2D eigenvalue weighted by molar-refractivity contribution is 0.0949. The van der Waals surface area contributed by atoms with E-state index in [1.807, 2.05) is 0 Å². The van der Waals surface area contributed by atoms with Gasteiger partial charge in [-0.25, -0.2) is 8.78 Å². The topological polar surface area (TPSA) is 66.9 Å². The Bertz CT molecular complexity index is 636. The van der Waals surface area contributed by atoms with Crippen LogP contribution < -0.4 is 10.6 Å². The van der Waals surface area contributed by atoms with E-state index in [9.17, 15) is 13.6 Å². The molecule has 0 unspecified atom stereocenters. The number of benzene rings is 1. The molecule has 0 fully saturated rings. The zero-order valence-electron chi connectivity index (χ0n) is 11.6. The van der Waals surface area contributed by atoms with E-state index in [4.69, 9.17) is 0 Å². The summed E-state index contributed by atoms with van der Waals surface area (Å²) < 4.78 is 27.1. The van der Waals surface area contributed by atoms with Gasteiger partial charge in [0.05, 0.1) is 24.1 Å². The van der Waals surface area contributed by atoms with Gasteiger partial charge in [0.25, 0.3) is 5.91 Å². The van der Waals surface area contributed by atoms with Crippen molar-refractivity contribution in [1.82, 2.24) is 15.3 Å². The lowest BCUT2D eigenvalue weighted by atomic mass is 10.1. The molecule has 21 heavy (non-hydrogen) atoms. The van der Waals surface area contributed by atoms with Crippen molar-refractivity contribution in [2.75, 3.05) is 12.4 Å². The molecule has 0 aliphatic carbocycles. The first-order valence-corrected chi connectivity index (χ1v) is 6.23. The van der Waals surface area contributed by atoms with E-state index in [1.54, 1.807) is 13.1 Å². The summed E-state index contributed by atoms with van der Waals surface area (Å²) in [5, 5.41) is 4.92. The second-order valence-corrected chi connectivity index (χ2v) is 4.40. The van der Waals surface area contributed by atoms with E-state index in [2.05, 4.69) is 20.6 Å². The fourth-order valence-corrected chi connectivity index (χ4v) is 1.73. The summed E-state index contributed by atoms with van der Waals surface area (Å²) >= 11 is 0. The smallest absolute Gasteiger partial charge is 0.251 e. The van der Waals surface area contributed by atoms with Crippen LogP contribution in [0.5, 0.6) is 0 Å². The van der Waals surface area contributed by atoms with Crippen molar-refractivity contribution in [2.24, 2.45) is 0 Å². The Kier molecular flexibility index (Phi) is 4.42. The van der Waals surface area contributed by atoms with E-state index in [-0.39, 0.29) is 17.8 Å². The van der Waals surface area contributed by atoms with Crippen LogP contribution in [0.25, 0.3) is 0 Å². The zero-order valence-corrected chi connectivity index (χ0v) is 11.6. The number of carbonyl (C=O) groups is 1. The lowest BCUT2D eigenvalue weighted by Gasteiger charge is -2.08. The summed E-state index contributed by atoms with van der Waals surface area (Å²) in [6, 6.07) is 1.95. The van der Waals surface area contributed by atoms with Gasteiger partial charge < -0.3 is 10.6 Å². The average molecular weight is 292 g/mol. The second kappa shape index (κ2) is 6.25. The summed E-state index contributed by atoms with van der Waals surface area (Å²) in [6.07, 6.45) is 3.10. The summed E-state index contributed by atoms with van der Waals surface area (Å²) in [7, 11) is 1.40. The van der Waals surface area contributed by atoms with Gasteiger partial charge in [-0.2, -0.15) is 0 Å². The van der Waals surface area contributed by atoms with E-state index in [0.717, 1.165) is 17.8 Å². The van der Waals surface area contributed by atoms with Crippen LogP contribution in [-0.4, -0.2) is 22.9 Å².